The maximum absolute atomic E-state index is 12.2. The van der Waals surface area contributed by atoms with Gasteiger partial charge < -0.3 is 10.1 Å². The summed E-state index contributed by atoms with van der Waals surface area (Å²) in [6, 6.07) is 9.81. The molecule has 0 amide bonds. The quantitative estimate of drug-likeness (QED) is 0.688. The molecule has 0 bridgehead atoms. The van der Waals surface area contributed by atoms with Crippen LogP contribution in [0.5, 0.6) is 0 Å². The number of halogens is 1. The Labute approximate surface area is 124 Å². The van der Waals surface area contributed by atoms with Crippen LogP contribution in [0.2, 0.25) is 0 Å². The molecule has 1 saturated heterocycles. The highest BCUT2D eigenvalue weighted by molar-refractivity contribution is 6.21. The summed E-state index contributed by atoms with van der Waals surface area (Å²) in [6.07, 6.45) is 3.77. The summed E-state index contributed by atoms with van der Waals surface area (Å²) in [6.45, 7) is 1.22. The van der Waals surface area contributed by atoms with Crippen LogP contribution < -0.4 is 5.32 Å². The molecule has 2 aliphatic rings. The van der Waals surface area contributed by atoms with Gasteiger partial charge in [-0.3, -0.25) is 4.79 Å². The molecule has 3 unspecified atom stereocenters. The first-order valence-electron chi connectivity index (χ1n) is 7.27. The van der Waals surface area contributed by atoms with Crippen LogP contribution in [-0.2, 0) is 16.1 Å². The van der Waals surface area contributed by atoms with Gasteiger partial charge >= 0.3 is 5.97 Å². The number of hydrogen-bond acceptors (Lipinski definition) is 3. The number of benzene rings is 1. The van der Waals surface area contributed by atoms with E-state index in [2.05, 4.69) is 5.32 Å². The van der Waals surface area contributed by atoms with Crippen LogP contribution in [0.25, 0.3) is 0 Å². The molecule has 3 atom stereocenters. The molecule has 0 radical (unpaired) electrons. The summed E-state index contributed by atoms with van der Waals surface area (Å²) in [5.41, 5.74) is 1.12. The molecule has 1 aromatic carbocycles. The van der Waals surface area contributed by atoms with E-state index in [0.29, 0.717) is 6.61 Å². The van der Waals surface area contributed by atoms with Gasteiger partial charge in [0, 0.05) is 17.5 Å². The molecular formula is C16H20ClNO2. The Balaban J connectivity index is 1.52. The lowest BCUT2D eigenvalue weighted by Crippen LogP contribution is -2.37. The summed E-state index contributed by atoms with van der Waals surface area (Å²) >= 11 is 6.17. The molecule has 3 rings (SSSR count). The van der Waals surface area contributed by atoms with Crippen LogP contribution in [0.4, 0.5) is 0 Å². The molecule has 1 saturated carbocycles. The maximum Gasteiger partial charge on any atom is 0.309 e. The van der Waals surface area contributed by atoms with Crippen molar-refractivity contribution in [2.45, 2.75) is 43.2 Å². The standard InChI is InChI=1S/C16H20ClNO2/c17-14-9-16(18-10-14)7-6-13(8-16)15(19)20-11-12-4-2-1-3-5-12/h1-5,13-14,18H,6-11H2. The van der Waals surface area contributed by atoms with Gasteiger partial charge in [-0.1, -0.05) is 30.3 Å². The third-order valence-corrected chi connectivity index (χ3v) is 4.79. The molecule has 1 heterocycles. The van der Waals surface area contributed by atoms with E-state index < -0.39 is 0 Å². The van der Waals surface area contributed by atoms with Gasteiger partial charge in [-0.2, -0.15) is 0 Å². The smallest absolute Gasteiger partial charge is 0.309 e. The highest BCUT2D eigenvalue weighted by Crippen LogP contribution is 2.41. The molecule has 3 nitrogen and oxygen atoms in total. The average molecular weight is 294 g/mol. The van der Waals surface area contributed by atoms with Crippen molar-refractivity contribution in [2.24, 2.45) is 5.92 Å². The number of carbonyl (C=O) groups excluding carboxylic acids is 1. The van der Waals surface area contributed by atoms with Crippen molar-refractivity contribution in [3.8, 4) is 0 Å². The molecule has 1 N–H and O–H groups in total. The number of carbonyl (C=O) groups is 1. The molecule has 1 aromatic rings. The molecule has 1 aliphatic heterocycles. The van der Waals surface area contributed by atoms with E-state index in [4.69, 9.17) is 16.3 Å². The number of hydrogen-bond donors (Lipinski definition) is 1. The lowest BCUT2D eigenvalue weighted by molar-refractivity contribution is -0.149. The summed E-state index contributed by atoms with van der Waals surface area (Å²) in [4.78, 5) is 12.2. The van der Waals surface area contributed by atoms with E-state index in [-0.39, 0.29) is 22.8 Å². The SMILES string of the molecule is O=C(OCc1ccccc1)C1CCC2(CC(Cl)CN2)C1. The van der Waals surface area contributed by atoms with Crippen LogP contribution in [0.3, 0.4) is 0 Å². The molecule has 1 aliphatic carbocycles. The first kappa shape index (κ1) is 13.9. The summed E-state index contributed by atoms with van der Waals surface area (Å²) in [5, 5.41) is 3.70. The monoisotopic (exact) mass is 293 g/mol. The Morgan fingerprint density at radius 1 is 1.35 bits per heavy atom. The van der Waals surface area contributed by atoms with Crippen molar-refractivity contribution in [1.29, 1.82) is 0 Å². The third-order valence-electron chi connectivity index (χ3n) is 4.48. The molecule has 1 spiro atoms. The van der Waals surface area contributed by atoms with Crippen LogP contribution in [0.1, 0.15) is 31.2 Å². The Morgan fingerprint density at radius 2 is 2.15 bits per heavy atom. The van der Waals surface area contributed by atoms with Crippen molar-refractivity contribution in [3.63, 3.8) is 0 Å². The van der Waals surface area contributed by atoms with E-state index in [9.17, 15) is 4.79 Å². The summed E-state index contributed by atoms with van der Waals surface area (Å²) < 4.78 is 5.44. The van der Waals surface area contributed by atoms with E-state index >= 15 is 0 Å². The van der Waals surface area contributed by atoms with Crippen LogP contribution >= 0.6 is 11.6 Å². The normalized spacial score (nSPS) is 32.6. The van der Waals surface area contributed by atoms with Gasteiger partial charge in [0.2, 0.25) is 0 Å². The first-order chi connectivity index (χ1) is 9.67. The zero-order chi connectivity index (χ0) is 14.0. The van der Waals surface area contributed by atoms with E-state index in [1.807, 2.05) is 30.3 Å². The van der Waals surface area contributed by atoms with Crippen LogP contribution in [0, 0.1) is 5.92 Å². The first-order valence-corrected chi connectivity index (χ1v) is 7.70. The Morgan fingerprint density at radius 3 is 2.85 bits per heavy atom. The fraction of sp³-hybridized carbons (Fsp3) is 0.562. The van der Waals surface area contributed by atoms with Crippen molar-refractivity contribution in [1.82, 2.24) is 5.32 Å². The lowest BCUT2D eigenvalue weighted by atomic mass is 9.94. The molecule has 4 heteroatoms. The second-order valence-electron chi connectivity index (χ2n) is 6.00. The second-order valence-corrected chi connectivity index (χ2v) is 6.61. The number of esters is 1. The Hall–Kier alpha value is -1.06. The third kappa shape index (κ3) is 2.99. The topological polar surface area (TPSA) is 38.3 Å². The number of rotatable bonds is 3. The van der Waals surface area contributed by atoms with Crippen molar-refractivity contribution in [3.05, 3.63) is 35.9 Å². The van der Waals surface area contributed by atoms with Crippen molar-refractivity contribution in [2.75, 3.05) is 6.54 Å². The van der Waals surface area contributed by atoms with Crippen LogP contribution in [-0.4, -0.2) is 23.4 Å². The van der Waals surface area contributed by atoms with Gasteiger partial charge in [-0.15, -0.1) is 11.6 Å². The minimum atomic E-state index is -0.0643. The van der Waals surface area contributed by atoms with Gasteiger partial charge in [0.15, 0.2) is 0 Å². The van der Waals surface area contributed by atoms with E-state index in [1.54, 1.807) is 0 Å². The van der Waals surface area contributed by atoms with Gasteiger partial charge in [-0.25, -0.2) is 0 Å². The van der Waals surface area contributed by atoms with Gasteiger partial charge in [-0.05, 0) is 31.2 Å². The van der Waals surface area contributed by atoms with E-state index in [1.165, 1.54) is 0 Å². The zero-order valence-electron chi connectivity index (χ0n) is 11.5. The van der Waals surface area contributed by atoms with Crippen molar-refractivity contribution >= 4 is 17.6 Å². The van der Waals surface area contributed by atoms with E-state index in [0.717, 1.165) is 37.8 Å². The van der Waals surface area contributed by atoms with Crippen LogP contribution in [0.15, 0.2) is 30.3 Å². The average Bonchev–Trinajstić information content (AvgIpc) is 3.04. The lowest BCUT2D eigenvalue weighted by Gasteiger charge is -2.23. The zero-order valence-corrected chi connectivity index (χ0v) is 12.2. The molecule has 20 heavy (non-hydrogen) atoms. The Kier molecular flexibility index (Phi) is 3.99. The number of nitrogens with one attached hydrogen (secondary N) is 1. The highest BCUT2D eigenvalue weighted by atomic mass is 35.5. The summed E-state index contributed by atoms with van der Waals surface area (Å²) in [5.74, 6) is -0.0428. The number of ether oxygens (including phenoxy) is 1. The fourth-order valence-electron chi connectivity index (χ4n) is 3.42. The van der Waals surface area contributed by atoms with Gasteiger partial charge in [0.05, 0.1) is 5.92 Å². The van der Waals surface area contributed by atoms with Gasteiger partial charge in [0.1, 0.15) is 6.61 Å². The minimum absolute atomic E-state index is 0.0215. The second kappa shape index (κ2) is 5.74. The molecule has 108 valence electrons. The number of alkyl halides is 1. The van der Waals surface area contributed by atoms with Gasteiger partial charge in [0.25, 0.3) is 0 Å². The summed E-state index contributed by atoms with van der Waals surface area (Å²) in [7, 11) is 0. The minimum Gasteiger partial charge on any atom is -0.461 e. The molecule has 0 aromatic heterocycles. The highest BCUT2D eigenvalue weighted by Gasteiger charge is 2.46. The maximum atomic E-state index is 12.2. The fourth-order valence-corrected chi connectivity index (χ4v) is 3.79. The molecular weight excluding hydrogens is 274 g/mol. The van der Waals surface area contributed by atoms with Crippen molar-refractivity contribution < 1.29 is 9.53 Å². The molecule has 2 fully saturated rings. The largest absolute Gasteiger partial charge is 0.461 e. The predicted molar refractivity (Wildman–Crippen MR) is 78.6 cm³/mol. The predicted octanol–water partition coefficient (Wildman–Crippen LogP) is 2.87. The Bertz CT molecular complexity index is 479.